The molecule has 0 spiro atoms. The molecule has 0 aromatic heterocycles. The van der Waals surface area contributed by atoms with Crippen LogP contribution in [0, 0.1) is 5.82 Å². The van der Waals surface area contributed by atoms with E-state index in [0.29, 0.717) is 12.0 Å². The van der Waals surface area contributed by atoms with Crippen molar-refractivity contribution in [2.75, 3.05) is 0 Å². The van der Waals surface area contributed by atoms with Crippen LogP contribution in [0.2, 0.25) is 0 Å². The topological polar surface area (TPSA) is 57.5 Å². The van der Waals surface area contributed by atoms with Gasteiger partial charge in [0.15, 0.2) is 11.6 Å². The quantitative estimate of drug-likeness (QED) is 0.808. The molecule has 1 unspecified atom stereocenters. The summed E-state index contributed by atoms with van der Waals surface area (Å²) < 4.78 is 13.2. The van der Waals surface area contributed by atoms with Crippen LogP contribution < -0.4 is 0 Å². The molecule has 0 aliphatic rings. The number of rotatable bonds is 3. The van der Waals surface area contributed by atoms with Gasteiger partial charge in [0.2, 0.25) is 0 Å². The number of aryl methyl sites for hydroxylation is 1. The molecular formula is C11H13FO3. The first-order valence-electron chi connectivity index (χ1n) is 4.71. The van der Waals surface area contributed by atoms with Gasteiger partial charge >= 0.3 is 5.97 Å². The Kier molecular flexibility index (Phi) is 3.29. The summed E-state index contributed by atoms with van der Waals surface area (Å²) in [4.78, 5) is 10.7. The molecule has 0 saturated heterocycles. The van der Waals surface area contributed by atoms with Gasteiger partial charge in [-0.05, 0) is 25.0 Å². The molecule has 3 nitrogen and oxygen atoms in total. The molecule has 0 heterocycles. The van der Waals surface area contributed by atoms with Gasteiger partial charge in [0.1, 0.15) is 0 Å². The number of halogens is 1. The zero-order valence-electron chi connectivity index (χ0n) is 8.62. The maximum Gasteiger partial charge on any atom is 0.310 e. The fraction of sp³-hybridized carbons (Fsp3) is 0.364. The largest absolute Gasteiger partial charge is 0.505 e. The zero-order chi connectivity index (χ0) is 11.6. The van der Waals surface area contributed by atoms with Gasteiger partial charge < -0.3 is 10.2 Å². The molecule has 1 atom stereocenters. The van der Waals surface area contributed by atoms with Crippen molar-refractivity contribution in [1.82, 2.24) is 0 Å². The SMILES string of the molecule is CCc1cc(F)c(O)c(C(C)C(=O)O)c1. The highest BCUT2D eigenvalue weighted by Gasteiger charge is 2.20. The summed E-state index contributed by atoms with van der Waals surface area (Å²) in [6, 6.07) is 2.74. The van der Waals surface area contributed by atoms with Crippen LogP contribution in [-0.4, -0.2) is 16.2 Å². The molecule has 2 N–H and O–H groups in total. The Morgan fingerprint density at radius 1 is 1.53 bits per heavy atom. The standard InChI is InChI=1S/C11H13FO3/c1-3-7-4-8(6(2)11(14)15)10(13)9(12)5-7/h4-6,13H,3H2,1-2H3,(H,14,15). The van der Waals surface area contributed by atoms with Crippen LogP contribution in [0.15, 0.2) is 12.1 Å². The Hall–Kier alpha value is -1.58. The molecule has 1 rings (SSSR count). The summed E-state index contributed by atoms with van der Waals surface area (Å²) in [5, 5.41) is 18.2. The number of carboxylic acids is 1. The maximum atomic E-state index is 13.2. The van der Waals surface area contributed by atoms with Crippen molar-refractivity contribution in [3.63, 3.8) is 0 Å². The van der Waals surface area contributed by atoms with Gasteiger partial charge in [0.25, 0.3) is 0 Å². The molecule has 0 saturated carbocycles. The molecule has 0 aliphatic heterocycles. The second-order valence-corrected chi connectivity index (χ2v) is 3.43. The van der Waals surface area contributed by atoms with E-state index in [-0.39, 0.29) is 5.56 Å². The van der Waals surface area contributed by atoms with E-state index in [4.69, 9.17) is 5.11 Å². The number of phenols is 1. The van der Waals surface area contributed by atoms with E-state index in [9.17, 15) is 14.3 Å². The van der Waals surface area contributed by atoms with Crippen molar-refractivity contribution < 1.29 is 19.4 Å². The number of aliphatic carboxylic acids is 1. The Morgan fingerprint density at radius 2 is 2.13 bits per heavy atom. The molecule has 0 amide bonds. The van der Waals surface area contributed by atoms with Gasteiger partial charge in [-0.3, -0.25) is 4.79 Å². The average molecular weight is 212 g/mol. The lowest BCUT2D eigenvalue weighted by molar-refractivity contribution is -0.138. The van der Waals surface area contributed by atoms with Crippen LogP contribution in [0.3, 0.4) is 0 Å². The van der Waals surface area contributed by atoms with E-state index in [0.717, 1.165) is 0 Å². The summed E-state index contributed by atoms with van der Waals surface area (Å²) >= 11 is 0. The second-order valence-electron chi connectivity index (χ2n) is 3.43. The molecule has 0 radical (unpaired) electrons. The molecule has 0 bridgehead atoms. The lowest BCUT2D eigenvalue weighted by atomic mass is 9.97. The fourth-order valence-corrected chi connectivity index (χ4v) is 1.35. The summed E-state index contributed by atoms with van der Waals surface area (Å²) in [7, 11) is 0. The van der Waals surface area contributed by atoms with Crippen LogP contribution in [0.1, 0.15) is 30.9 Å². The third kappa shape index (κ3) is 2.26. The number of hydrogen-bond donors (Lipinski definition) is 2. The minimum atomic E-state index is -1.09. The predicted molar refractivity (Wildman–Crippen MR) is 53.5 cm³/mol. The summed E-state index contributed by atoms with van der Waals surface area (Å²) in [5.74, 6) is -3.33. The minimum absolute atomic E-state index is 0.124. The number of hydrogen-bond acceptors (Lipinski definition) is 2. The lowest BCUT2D eigenvalue weighted by Gasteiger charge is -2.11. The molecule has 15 heavy (non-hydrogen) atoms. The molecule has 0 fully saturated rings. The van der Waals surface area contributed by atoms with Crippen molar-refractivity contribution in [2.45, 2.75) is 26.2 Å². The first kappa shape index (κ1) is 11.5. The van der Waals surface area contributed by atoms with E-state index < -0.39 is 23.5 Å². The van der Waals surface area contributed by atoms with Gasteiger partial charge in [-0.25, -0.2) is 4.39 Å². The van der Waals surface area contributed by atoms with Gasteiger partial charge in [-0.1, -0.05) is 13.0 Å². The third-order valence-corrected chi connectivity index (χ3v) is 2.40. The summed E-state index contributed by atoms with van der Waals surface area (Å²) in [5.41, 5.74) is 0.799. The first-order chi connectivity index (χ1) is 6.97. The Labute approximate surface area is 87.2 Å². The van der Waals surface area contributed by atoms with Crippen LogP contribution in [0.25, 0.3) is 0 Å². The molecule has 4 heteroatoms. The number of carbonyl (C=O) groups is 1. The highest BCUT2D eigenvalue weighted by atomic mass is 19.1. The molecule has 1 aromatic rings. The summed E-state index contributed by atoms with van der Waals surface area (Å²) in [6.45, 7) is 3.25. The second kappa shape index (κ2) is 4.29. The van der Waals surface area contributed by atoms with E-state index in [2.05, 4.69) is 0 Å². The van der Waals surface area contributed by atoms with Crippen molar-refractivity contribution >= 4 is 5.97 Å². The van der Waals surface area contributed by atoms with Crippen molar-refractivity contribution in [3.8, 4) is 5.75 Å². The van der Waals surface area contributed by atoms with Crippen LogP contribution in [0.4, 0.5) is 4.39 Å². The maximum absolute atomic E-state index is 13.2. The zero-order valence-corrected chi connectivity index (χ0v) is 8.62. The van der Waals surface area contributed by atoms with Crippen LogP contribution >= 0.6 is 0 Å². The minimum Gasteiger partial charge on any atom is -0.505 e. The number of benzene rings is 1. The Bertz CT molecular complexity index is 388. The van der Waals surface area contributed by atoms with Crippen LogP contribution in [0.5, 0.6) is 5.75 Å². The van der Waals surface area contributed by atoms with Crippen LogP contribution in [-0.2, 0) is 11.2 Å². The van der Waals surface area contributed by atoms with E-state index in [1.54, 1.807) is 0 Å². The highest BCUT2D eigenvalue weighted by molar-refractivity contribution is 5.76. The van der Waals surface area contributed by atoms with Crippen molar-refractivity contribution in [1.29, 1.82) is 0 Å². The summed E-state index contributed by atoms with van der Waals surface area (Å²) in [6.07, 6.45) is 0.594. The van der Waals surface area contributed by atoms with Gasteiger partial charge in [0.05, 0.1) is 5.92 Å². The average Bonchev–Trinajstić information content (AvgIpc) is 2.20. The number of carboxylic acid groups (broad SMARTS) is 1. The number of aromatic hydroxyl groups is 1. The third-order valence-electron chi connectivity index (χ3n) is 2.40. The number of phenolic OH excluding ortho intramolecular Hbond substituents is 1. The van der Waals surface area contributed by atoms with Gasteiger partial charge in [0, 0.05) is 5.56 Å². The molecule has 0 aliphatic carbocycles. The Morgan fingerprint density at radius 3 is 2.60 bits per heavy atom. The predicted octanol–water partition coefficient (Wildman–Crippen LogP) is 2.28. The Balaban J connectivity index is 3.27. The van der Waals surface area contributed by atoms with E-state index in [1.807, 2.05) is 6.92 Å². The smallest absolute Gasteiger partial charge is 0.310 e. The molecule has 1 aromatic carbocycles. The lowest BCUT2D eigenvalue weighted by Crippen LogP contribution is -2.08. The van der Waals surface area contributed by atoms with E-state index >= 15 is 0 Å². The molecule has 82 valence electrons. The van der Waals surface area contributed by atoms with E-state index in [1.165, 1.54) is 19.1 Å². The monoisotopic (exact) mass is 212 g/mol. The fourth-order valence-electron chi connectivity index (χ4n) is 1.35. The van der Waals surface area contributed by atoms with Gasteiger partial charge in [-0.15, -0.1) is 0 Å². The van der Waals surface area contributed by atoms with Crippen molar-refractivity contribution in [2.24, 2.45) is 0 Å². The highest BCUT2D eigenvalue weighted by Crippen LogP contribution is 2.30. The van der Waals surface area contributed by atoms with Crippen molar-refractivity contribution in [3.05, 3.63) is 29.1 Å². The first-order valence-corrected chi connectivity index (χ1v) is 4.71. The van der Waals surface area contributed by atoms with Gasteiger partial charge in [-0.2, -0.15) is 0 Å². The molecular weight excluding hydrogens is 199 g/mol. The normalized spacial score (nSPS) is 12.5.